The van der Waals surface area contributed by atoms with Gasteiger partial charge in [-0.15, -0.1) is 0 Å². The van der Waals surface area contributed by atoms with E-state index in [1.807, 2.05) is 0 Å². The summed E-state index contributed by atoms with van der Waals surface area (Å²) in [4.78, 5) is 40.6. The quantitative estimate of drug-likeness (QED) is 0.339. The van der Waals surface area contributed by atoms with Crippen LogP contribution in [0.3, 0.4) is 0 Å². The second-order valence-corrected chi connectivity index (χ2v) is 13.2. The maximum Gasteiger partial charge on any atom is 0.417 e. The number of hydrogen-bond donors (Lipinski definition) is 1. The molecular formula is C34H39F4N3O5. The van der Waals surface area contributed by atoms with E-state index in [-0.39, 0.29) is 42.9 Å². The lowest BCUT2D eigenvalue weighted by molar-refractivity contribution is -0.137. The molecule has 46 heavy (non-hydrogen) atoms. The van der Waals surface area contributed by atoms with Crippen LogP contribution in [0.2, 0.25) is 0 Å². The van der Waals surface area contributed by atoms with Crippen molar-refractivity contribution in [2.24, 2.45) is 0 Å². The van der Waals surface area contributed by atoms with Gasteiger partial charge in [0.15, 0.2) is 0 Å². The Labute approximate surface area is 266 Å². The van der Waals surface area contributed by atoms with E-state index in [0.717, 1.165) is 12.1 Å². The van der Waals surface area contributed by atoms with Crippen molar-refractivity contribution in [1.82, 2.24) is 9.80 Å². The summed E-state index contributed by atoms with van der Waals surface area (Å²) >= 11 is 0. The first-order chi connectivity index (χ1) is 21.3. The van der Waals surface area contributed by atoms with Crippen LogP contribution in [0.1, 0.15) is 81.4 Å². The highest BCUT2D eigenvalue weighted by atomic mass is 19.4. The number of carbonyl (C=O) groups is 3. The molecule has 0 bridgehead atoms. The lowest BCUT2D eigenvalue weighted by Gasteiger charge is -2.30. The first-order valence-corrected chi connectivity index (χ1v) is 15.0. The lowest BCUT2D eigenvalue weighted by Crippen LogP contribution is -2.39. The molecule has 0 unspecified atom stereocenters. The van der Waals surface area contributed by atoms with Crippen LogP contribution >= 0.6 is 0 Å². The number of nitrogens with zero attached hydrogens (tertiary/aromatic N) is 2. The first-order valence-electron chi connectivity index (χ1n) is 15.0. The number of rotatable bonds is 4. The maximum atomic E-state index is 15.1. The van der Waals surface area contributed by atoms with Gasteiger partial charge in [0.25, 0.3) is 5.91 Å². The largest absolute Gasteiger partial charge is 0.444 e. The van der Waals surface area contributed by atoms with Gasteiger partial charge in [0.05, 0.1) is 5.56 Å². The summed E-state index contributed by atoms with van der Waals surface area (Å²) in [6.45, 7) is 11.4. The van der Waals surface area contributed by atoms with E-state index < -0.39 is 46.9 Å². The molecule has 0 fully saturated rings. The number of benzene rings is 2. The van der Waals surface area contributed by atoms with Crippen molar-refractivity contribution < 1.29 is 41.4 Å². The number of hydrogen-bond acceptors (Lipinski definition) is 5. The van der Waals surface area contributed by atoms with Crippen molar-refractivity contribution in [3.8, 4) is 0 Å². The van der Waals surface area contributed by atoms with Crippen LogP contribution in [0.5, 0.6) is 0 Å². The molecule has 2 aliphatic heterocycles. The van der Waals surface area contributed by atoms with Crippen molar-refractivity contribution in [3.05, 3.63) is 76.6 Å². The van der Waals surface area contributed by atoms with Gasteiger partial charge in [-0.25, -0.2) is 14.0 Å². The zero-order chi connectivity index (χ0) is 34.0. The Bertz CT molecular complexity index is 1570. The highest BCUT2D eigenvalue weighted by Gasteiger charge is 2.36. The molecule has 4 rings (SSSR count). The predicted molar refractivity (Wildman–Crippen MR) is 167 cm³/mol. The summed E-state index contributed by atoms with van der Waals surface area (Å²) in [5.41, 5.74) is -1.17. The van der Waals surface area contributed by atoms with Crippen molar-refractivity contribution in [3.63, 3.8) is 0 Å². The normalized spacial score (nSPS) is 16.0. The minimum absolute atomic E-state index is 0.0747. The molecule has 2 heterocycles. The van der Waals surface area contributed by atoms with Crippen molar-refractivity contribution in [2.45, 2.75) is 71.8 Å². The Morgan fingerprint density at radius 2 is 1.24 bits per heavy atom. The molecule has 0 aromatic heterocycles. The monoisotopic (exact) mass is 645 g/mol. The molecule has 0 saturated carbocycles. The SMILES string of the molecule is CC(C)(C)OC(=O)N1CC=C(c2ccc(NC(=O)c3ccc(C4=CCN(C(=O)OC(C)(C)C)CC4)c(C(F)(F)F)c3)cc2F)CC1. The highest BCUT2D eigenvalue weighted by Crippen LogP contribution is 2.38. The fraction of sp³-hybridized carbons (Fsp3) is 0.441. The van der Waals surface area contributed by atoms with Gasteiger partial charge in [-0.1, -0.05) is 18.2 Å². The Balaban J connectivity index is 1.46. The van der Waals surface area contributed by atoms with E-state index in [9.17, 15) is 27.6 Å². The van der Waals surface area contributed by atoms with Crippen molar-refractivity contribution >= 4 is 34.9 Å². The van der Waals surface area contributed by atoms with E-state index in [1.165, 1.54) is 34.1 Å². The summed E-state index contributed by atoms with van der Waals surface area (Å²) in [7, 11) is 0. The number of ether oxygens (including phenoxy) is 2. The van der Waals surface area contributed by atoms with E-state index in [0.29, 0.717) is 29.7 Å². The van der Waals surface area contributed by atoms with E-state index in [2.05, 4.69) is 5.32 Å². The molecule has 2 aromatic carbocycles. The molecule has 1 N–H and O–H groups in total. The van der Waals surface area contributed by atoms with Gasteiger partial charge in [0.2, 0.25) is 0 Å². The summed E-state index contributed by atoms with van der Waals surface area (Å²) in [6, 6.07) is 7.37. The molecule has 12 heteroatoms. The maximum absolute atomic E-state index is 15.1. The van der Waals surface area contributed by atoms with Crippen LogP contribution in [-0.4, -0.2) is 65.3 Å². The second-order valence-electron chi connectivity index (χ2n) is 13.2. The average molecular weight is 646 g/mol. The molecule has 0 saturated heterocycles. The summed E-state index contributed by atoms with van der Waals surface area (Å²) in [5.74, 6) is -1.45. The van der Waals surface area contributed by atoms with Gasteiger partial charge in [0, 0.05) is 43.0 Å². The van der Waals surface area contributed by atoms with Crippen LogP contribution in [0.25, 0.3) is 11.1 Å². The molecule has 0 spiro atoms. The molecule has 3 amide bonds. The standard InChI is InChI=1S/C34H39F4N3O5/c1-32(2,3)45-30(43)40-15-11-21(12-16-40)25-9-7-23(19-27(25)34(36,37)38)29(42)39-24-8-10-26(28(35)20-24)22-13-17-41(18-14-22)31(44)46-33(4,5)6/h7-11,13,19-20H,12,14-18H2,1-6H3,(H,39,42). The molecule has 0 atom stereocenters. The zero-order valence-electron chi connectivity index (χ0n) is 26.8. The molecule has 248 valence electrons. The highest BCUT2D eigenvalue weighted by molar-refractivity contribution is 6.04. The Morgan fingerprint density at radius 1 is 0.739 bits per heavy atom. The fourth-order valence-corrected chi connectivity index (χ4v) is 5.07. The molecule has 2 aliphatic rings. The minimum Gasteiger partial charge on any atom is -0.444 e. The minimum atomic E-state index is -4.75. The lowest BCUT2D eigenvalue weighted by atomic mass is 9.93. The number of halogens is 4. The summed E-state index contributed by atoms with van der Waals surface area (Å²) < 4.78 is 68.3. The number of anilines is 1. The van der Waals surface area contributed by atoms with Crippen LogP contribution in [0, 0.1) is 5.82 Å². The average Bonchev–Trinajstić information content (AvgIpc) is 2.95. The smallest absolute Gasteiger partial charge is 0.417 e. The third-order valence-corrected chi connectivity index (χ3v) is 7.23. The molecule has 0 radical (unpaired) electrons. The number of carbonyl (C=O) groups excluding carboxylic acids is 3. The Morgan fingerprint density at radius 3 is 1.67 bits per heavy atom. The van der Waals surface area contributed by atoms with Gasteiger partial charge >= 0.3 is 18.4 Å². The molecule has 0 aliphatic carbocycles. The van der Waals surface area contributed by atoms with Gasteiger partial charge in [-0.3, -0.25) is 4.79 Å². The molecule has 2 aromatic rings. The Kier molecular flexibility index (Phi) is 9.89. The third-order valence-electron chi connectivity index (χ3n) is 7.23. The Hall–Kier alpha value is -4.35. The van der Waals surface area contributed by atoms with E-state index >= 15 is 4.39 Å². The van der Waals surface area contributed by atoms with Crippen molar-refractivity contribution in [1.29, 1.82) is 0 Å². The van der Waals surface area contributed by atoms with Gasteiger partial charge in [0.1, 0.15) is 17.0 Å². The van der Waals surface area contributed by atoms with Crippen LogP contribution in [0.15, 0.2) is 48.6 Å². The van der Waals surface area contributed by atoms with Gasteiger partial charge < -0.3 is 24.6 Å². The van der Waals surface area contributed by atoms with E-state index in [4.69, 9.17) is 9.47 Å². The number of nitrogens with one attached hydrogen (secondary N) is 1. The van der Waals surface area contributed by atoms with E-state index in [1.54, 1.807) is 53.7 Å². The summed E-state index contributed by atoms with van der Waals surface area (Å²) in [5, 5.41) is 2.48. The van der Waals surface area contributed by atoms with Crippen LogP contribution in [0.4, 0.5) is 32.8 Å². The number of alkyl halides is 3. The zero-order valence-corrected chi connectivity index (χ0v) is 26.8. The predicted octanol–water partition coefficient (Wildman–Crippen LogP) is 8.15. The van der Waals surface area contributed by atoms with Crippen molar-refractivity contribution in [2.75, 3.05) is 31.5 Å². The second kappa shape index (κ2) is 13.2. The van der Waals surface area contributed by atoms with Crippen LogP contribution in [-0.2, 0) is 15.7 Å². The first kappa shape index (κ1) is 34.5. The van der Waals surface area contributed by atoms with Gasteiger partial charge in [-0.05, 0) is 101 Å². The molecular weight excluding hydrogens is 606 g/mol. The third kappa shape index (κ3) is 8.88. The molecule has 8 nitrogen and oxygen atoms in total. The fourth-order valence-electron chi connectivity index (χ4n) is 5.07. The number of amides is 3. The van der Waals surface area contributed by atoms with Crippen LogP contribution < -0.4 is 5.32 Å². The summed E-state index contributed by atoms with van der Waals surface area (Å²) in [6.07, 6.45) is -1.90. The van der Waals surface area contributed by atoms with Gasteiger partial charge in [-0.2, -0.15) is 13.2 Å². The topological polar surface area (TPSA) is 88.2 Å².